The average Bonchev–Trinajstić information content (AvgIpc) is 2.59. The van der Waals surface area contributed by atoms with Crippen molar-refractivity contribution in [2.75, 3.05) is 14.2 Å². The lowest BCUT2D eigenvalue weighted by molar-refractivity contribution is -0.162. The normalized spacial score (nSPS) is 12.8. The molecule has 0 aliphatic rings. The zero-order chi connectivity index (χ0) is 18.3. The number of methoxy groups -OCH3 is 2. The molecule has 1 aromatic rings. The zero-order valence-electron chi connectivity index (χ0n) is 13.4. The van der Waals surface area contributed by atoms with E-state index in [0.717, 1.165) is 14.2 Å². The maximum atomic E-state index is 12.1. The van der Waals surface area contributed by atoms with Gasteiger partial charge < -0.3 is 19.9 Å². The fourth-order valence-corrected chi connectivity index (χ4v) is 2.11. The van der Waals surface area contributed by atoms with Gasteiger partial charge in [-0.2, -0.15) is 0 Å². The smallest absolute Gasteiger partial charge is 0.326 e. The summed E-state index contributed by atoms with van der Waals surface area (Å²) in [5, 5.41) is 11.6. The van der Waals surface area contributed by atoms with Gasteiger partial charge in [0, 0.05) is 18.3 Å². The highest BCUT2D eigenvalue weighted by Gasteiger charge is 2.42. The SMILES string of the molecule is COC(=O)C(C(=O)OC)[C@@H](C)[C@H](NC(=O)c1cccnc1)C(=O)O. The van der Waals surface area contributed by atoms with E-state index in [9.17, 15) is 24.3 Å². The third kappa shape index (κ3) is 4.51. The third-order valence-electron chi connectivity index (χ3n) is 3.44. The van der Waals surface area contributed by atoms with Crippen LogP contribution in [0.4, 0.5) is 0 Å². The van der Waals surface area contributed by atoms with Crippen LogP contribution in [-0.2, 0) is 23.9 Å². The van der Waals surface area contributed by atoms with E-state index in [1.165, 1.54) is 31.5 Å². The maximum absolute atomic E-state index is 12.1. The summed E-state index contributed by atoms with van der Waals surface area (Å²) in [7, 11) is 2.13. The number of aromatic nitrogens is 1. The molecule has 0 bridgehead atoms. The fraction of sp³-hybridized carbons (Fsp3) is 0.400. The van der Waals surface area contributed by atoms with Crippen LogP contribution in [-0.4, -0.2) is 54.2 Å². The summed E-state index contributed by atoms with van der Waals surface area (Å²) in [5.41, 5.74) is 0.142. The average molecular weight is 338 g/mol. The van der Waals surface area contributed by atoms with Crippen molar-refractivity contribution in [1.82, 2.24) is 10.3 Å². The van der Waals surface area contributed by atoms with Crippen molar-refractivity contribution in [1.29, 1.82) is 0 Å². The number of nitrogens with zero attached hydrogens (tertiary/aromatic N) is 1. The molecule has 9 heteroatoms. The first-order valence-corrected chi connectivity index (χ1v) is 6.92. The molecule has 1 rings (SSSR count). The Labute approximate surface area is 138 Å². The van der Waals surface area contributed by atoms with Crippen LogP contribution < -0.4 is 5.32 Å². The van der Waals surface area contributed by atoms with Gasteiger partial charge in [0.25, 0.3) is 5.91 Å². The predicted molar refractivity (Wildman–Crippen MR) is 79.8 cm³/mol. The largest absolute Gasteiger partial charge is 0.480 e. The van der Waals surface area contributed by atoms with Gasteiger partial charge in [-0.1, -0.05) is 6.92 Å². The van der Waals surface area contributed by atoms with Crippen molar-refractivity contribution in [3.05, 3.63) is 30.1 Å². The molecule has 0 fully saturated rings. The van der Waals surface area contributed by atoms with Crippen LogP contribution >= 0.6 is 0 Å². The first-order chi connectivity index (χ1) is 11.3. The van der Waals surface area contributed by atoms with Crippen molar-refractivity contribution in [3.8, 4) is 0 Å². The number of aliphatic carboxylic acids is 1. The number of nitrogens with one attached hydrogen (secondary N) is 1. The second-order valence-electron chi connectivity index (χ2n) is 4.91. The van der Waals surface area contributed by atoms with E-state index < -0.39 is 41.7 Å². The summed E-state index contributed by atoms with van der Waals surface area (Å²) in [6.45, 7) is 1.33. The molecule has 0 radical (unpaired) electrons. The van der Waals surface area contributed by atoms with Crippen molar-refractivity contribution < 1.29 is 33.8 Å². The molecule has 0 aromatic carbocycles. The predicted octanol–water partition coefficient (Wildman–Crippen LogP) is -0.137. The lowest BCUT2D eigenvalue weighted by Gasteiger charge is -2.25. The zero-order valence-corrected chi connectivity index (χ0v) is 13.4. The fourth-order valence-electron chi connectivity index (χ4n) is 2.11. The van der Waals surface area contributed by atoms with Gasteiger partial charge in [0.15, 0.2) is 5.92 Å². The molecule has 1 amide bonds. The highest BCUT2D eigenvalue weighted by molar-refractivity contribution is 5.98. The van der Waals surface area contributed by atoms with Crippen LogP contribution in [0.2, 0.25) is 0 Å². The van der Waals surface area contributed by atoms with E-state index in [1.54, 1.807) is 0 Å². The van der Waals surface area contributed by atoms with Crippen LogP contribution in [0.1, 0.15) is 17.3 Å². The van der Waals surface area contributed by atoms with E-state index in [4.69, 9.17) is 0 Å². The minimum absolute atomic E-state index is 0.142. The van der Waals surface area contributed by atoms with Crippen molar-refractivity contribution >= 4 is 23.8 Å². The van der Waals surface area contributed by atoms with E-state index >= 15 is 0 Å². The van der Waals surface area contributed by atoms with E-state index in [1.807, 2.05) is 0 Å². The number of pyridine rings is 1. The number of carbonyl (C=O) groups is 4. The minimum Gasteiger partial charge on any atom is -0.480 e. The summed E-state index contributed by atoms with van der Waals surface area (Å²) in [6.07, 6.45) is 2.72. The lowest BCUT2D eigenvalue weighted by Crippen LogP contribution is -2.50. The monoisotopic (exact) mass is 338 g/mol. The molecule has 2 N–H and O–H groups in total. The van der Waals surface area contributed by atoms with Crippen LogP contribution in [0.25, 0.3) is 0 Å². The molecule has 1 aromatic heterocycles. The highest BCUT2D eigenvalue weighted by Crippen LogP contribution is 2.20. The van der Waals surface area contributed by atoms with Crippen molar-refractivity contribution in [3.63, 3.8) is 0 Å². The molecule has 0 spiro atoms. The standard InChI is InChI=1S/C15H18N2O7/c1-8(10(14(21)23-2)15(22)24-3)11(13(19)20)17-12(18)9-5-4-6-16-7-9/h4-8,10-11H,1-3H3,(H,17,18)(H,19,20)/t8-,11+/m1/s1. The maximum Gasteiger partial charge on any atom is 0.326 e. The quantitative estimate of drug-likeness (QED) is 0.519. The van der Waals surface area contributed by atoms with Crippen molar-refractivity contribution in [2.45, 2.75) is 13.0 Å². The number of carboxylic acid groups (broad SMARTS) is 1. The second kappa shape index (κ2) is 8.61. The van der Waals surface area contributed by atoms with Gasteiger partial charge >= 0.3 is 17.9 Å². The van der Waals surface area contributed by atoms with Crippen LogP contribution in [0.3, 0.4) is 0 Å². The number of hydrogen-bond donors (Lipinski definition) is 2. The Morgan fingerprint density at radius 3 is 2.17 bits per heavy atom. The number of amides is 1. The van der Waals surface area contributed by atoms with Crippen molar-refractivity contribution in [2.24, 2.45) is 11.8 Å². The minimum atomic E-state index is -1.51. The van der Waals surface area contributed by atoms with Gasteiger partial charge in [-0.05, 0) is 12.1 Å². The number of esters is 2. The lowest BCUT2D eigenvalue weighted by atomic mass is 9.87. The van der Waals surface area contributed by atoms with Gasteiger partial charge in [-0.3, -0.25) is 19.4 Å². The molecule has 24 heavy (non-hydrogen) atoms. The number of hydrogen-bond acceptors (Lipinski definition) is 7. The van der Waals surface area contributed by atoms with Gasteiger partial charge in [-0.25, -0.2) is 4.79 Å². The molecule has 2 atom stereocenters. The Kier molecular flexibility index (Phi) is 6.84. The number of ether oxygens (including phenoxy) is 2. The Balaban J connectivity index is 3.04. The summed E-state index contributed by atoms with van der Waals surface area (Å²) in [6, 6.07) is 1.45. The number of carboxylic acids is 1. The van der Waals surface area contributed by atoms with Gasteiger partial charge in [-0.15, -0.1) is 0 Å². The first kappa shape index (κ1) is 19.1. The molecule has 9 nitrogen and oxygen atoms in total. The van der Waals surface area contributed by atoms with E-state index in [-0.39, 0.29) is 5.56 Å². The molecule has 0 aliphatic heterocycles. The number of carbonyl (C=O) groups excluding carboxylic acids is 3. The van der Waals surface area contributed by atoms with Gasteiger partial charge in [0.05, 0.1) is 19.8 Å². The molecule has 0 unspecified atom stereocenters. The molecule has 130 valence electrons. The Morgan fingerprint density at radius 1 is 1.17 bits per heavy atom. The summed E-state index contributed by atoms with van der Waals surface area (Å²) < 4.78 is 9.04. The van der Waals surface area contributed by atoms with Crippen LogP contribution in [0.5, 0.6) is 0 Å². The first-order valence-electron chi connectivity index (χ1n) is 6.92. The summed E-state index contributed by atoms with van der Waals surface area (Å²) >= 11 is 0. The Bertz CT molecular complexity index is 602. The topological polar surface area (TPSA) is 132 Å². The number of rotatable bonds is 7. The Hall–Kier alpha value is -2.97. The van der Waals surface area contributed by atoms with Crippen LogP contribution in [0, 0.1) is 11.8 Å². The molecule has 0 saturated heterocycles. The van der Waals surface area contributed by atoms with Gasteiger partial charge in [0.1, 0.15) is 6.04 Å². The highest BCUT2D eigenvalue weighted by atomic mass is 16.5. The molecular formula is C15H18N2O7. The third-order valence-corrected chi connectivity index (χ3v) is 3.44. The Morgan fingerprint density at radius 2 is 1.75 bits per heavy atom. The summed E-state index contributed by atoms with van der Waals surface area (Å²) in [4.78, 5) is 51.0. The molecule has 0 aliphatic carbocycles. The molecular weight excluding hydrogens is 320 g/mol. The second-order valence-corrected chi connectivity index (χ2v) is 4.91. The molecule has 0 saturated carbocycles. The van der Waals surface area contributed by atoms with E-state index in [2.05, 4.69) is 19.8 Å². The van der Waals surface area contributed by atoms with Crippen LogP contribution in [0.15, 0.2) is 24.5 Å². The van der Waals surface area contributed by atoms with E-state index in [0.29, 0.717) is 0 Å². The molecule has 1 heterocycles. The summed E-state index contributed by atoms with van der Waals surface area (Å²) in [5.74, 6) is -6.60. The van der Waals surface area contributed by atoms with Gasteiger partial charge in [0.2, 0.25) is 0 Å².